The van der Waals surface area contributed by atoms with E-state index in [-0.39, 0.29) is 11.9 Å². The third-order valence-corrected chi connectivity index (χ3v) is 6.69. The van der Waals surface area contributed by atoms with Crippen molar-refractivity contribution in [2.75, 3.05) is 24.5 Å². The summed E-state index contributed by atoms with van der Waals surface area (Å²) < 4.78 is 0. The zero-order valence-corrected chi connectivity index (χ0v) is 18.4. The van der Waals surface area contributed by atoms with Gasteiger partial charge in [0, 0.05) is 42.3 Å². The number of thiophene rings is 1. The van der Waals surface area contributed by atoms with Crippen LogP contribution < -0.4 is 4.90 Å². The predicted molar refractivity (Wildman–Crippen MR) is 122 cm³/mol. The standard InChI is InChI=1S/C23H23ClN4OS/c1-2-9-28(23(29)21-4-3-12-30-21)18-7-10-27(11-8-18)22-16(14-25)15-26-20-6-5-17(24)13-19(20)22/h3-6,12-13,15,18H,2,7-11H2,1H3. The zero-order chi connectivity index (χ0) is 21.1. The fraction of sp³-hybridized carbons (Fsp3) is 0.348. The summed E-state index contributed by atoms with van der Waals surface area (Å²) >= 11 is 7.73. The topological polar surface area (TPSA) is 60.2 Å². The van der Waals surface area contributed by atoms with E-state index in [4.69, 9.17) is 11.6 Å². The summed E-state index contributed by atoms with van der Waals surface area (Å²) in [6.45, 7) is 4.43. The number of carbonyl (C=O) groups excluding carboxylic acids is 1. The van der Waals surface area contributed by atoms with E-state index >= 15 is 0 Å². The molecule has 2 aromatic heterocycles. The van der Waals surface area contributed by atoms with Gasteiger partial charge in [-0.25, -0.2) is 0 Å². The lowest BCUT2D eigenvalue weighted by Gasteiger charge is -2.39. The van der Waals surface area contributed by atoms with Crippen LogP contribution in [0.15, 0.2) is 41.9 Å². The molecular weight excluding hydrogens is 416 g/mol. The van der Waals surface area contributed by atoms with Gasteiger partial charge in [0.05, 0.1) is 21.6 Å². The Balaban J connectivity index is 1.58. The number of hydrogen-bond acceptors (Lipinski definition) is 5. The molecule has 0 radical (unpaired) electrons. The van der Waals surface area contributed by atoms with Gasteiger partial charge in [-0.2, -0.15) is 5.26 Å². The normalized spacial score (nSPS) is 14.6. The molecule has 0 bridgehead atoms. The van der Waals surface area contributed by atoms with Crippen LogP contribution in [0.2, 0.25) is 5.02 Å². The first-order valence-electron chi connectivity index (χ1n) is 10.2. The fourth-order valence-corrected chi connectivity index (χ4v) is 5.06. The number of amides is 1. The van der Waals surface area contributed by atoms with E-state index in [2.05, 4.69) is 22.9 Å². The summed E-state index contributed by atoms with van der Waals surface area (Å²) in [5.41, 5.74) is 2.29. The Kier molecular flexibility index (Phi) is 6.21. The smallest absolute Gasteiger partial charge is 0.264 e. The second-order valence-corrected chi connectivity index (χ2v) is 8.87. The summed E-state index contributed by atoms with van der Waals surface area (Å²) in [6.07, 6.45) is 4.31. The van der Waals surface area contributed by atoms with Gasteiger partial charge >= 0.3 is 0 Å². The molecule has 0 unspecified atom stereocenters. The number of aromatic nitrogens is 1. The summed E-state index contributed by atoms with van der Waals surface area (Å²) in [7, 11) is 0. The summed E-state index contributed by atoms with van der Waals surface area (Å²) in [5, 5.41) is 13.1. The van der Waals surface area contributed by atoms with Crippen LogP contribution in [-0.4, -0.2) is 41.5 Å². The van der Waals surface area contributed by atoms with Gasteiger partial charge in [-0.15, -0.1) is 11.3 Å². The van der Waals surface area contributed by atoms with Crippen molar-refractivity contribution in [1.82, 2.24) is 9.88 Å². The molecule has 0 spiro atoms. The van der Waals surface area contributed by atoms with Crippen LogP contribution in [-0.2, 0) is 0 Å². The number of hydrogen-bond donors (Lipinski definition) is 0. The minimum absolute atomic E-state index is 0.129. The van der Waals surface area contributed by atoms with Crippen molar-refractivity contribution in [1.29, 1.82) is 5.26 Å². The van der Waals surface area contributed by atoms with Crippen molar-refractivity contribution < 1.29 is 4.79 Å². The van der Waals surface area contributed by atoms with Crippen molar-refractivity contribution in [3.8, 4) is 6.07 Å². The first kappa shape index (κ1) is 20.6. The second kappa shape index (κ2) is 9.03. The van der Waals surface area contributed by atoms with E-state index in [1.54, 1.807) is 6.20 Å². The molecule has 5 nitrogen and oxygen atoms in total. The average Bonchev–Trinajstić information content (AvgIpc) is 3.31. The number of carbonyl (C=O) groups is 1. The number of halogens is 1. The zero-order valence-electron chi connectivity index (χ0n) is 16.8. The van der Waals surface area contributed by atoms with Crippen molar-refractivity contribution in [2.24, 2.45) is 0 Å². The Labute approximate surface area is 185 Å². The quantitative estimate of drug-likeness (QED) is 0.539. The van der Waals surface area contributed by atoms with Crippen LogP contribution in [0.5, 0.6) is 0 Å². The van der Waals surface area contributed by atoms with Gasteiger partial charge in [0.15, 0.2) is 0 Å². The Morgan fingerprint density at radius 2 is 2.17 bits per heavy atom. The van der Waals surface area contributed by atoms with Crippen molar-refractivity contribution in [2.45, 2.75) is 32.2 Å². The monoisotopic (exact) mass is 438 g/mol. The minimum atomic E-state index is 0.129. The van der Waals surface area contributed by atoms with Gasteiger partial charge in [-0.1, -0.05) is 24.6 Å². The first-order valence-corrected chi connectivity index (χ1v) is 11.5. The highest BCUT2D eigenvalue weighted by Gasteiger charge is 2.30. The molecule has 0 N–H and O–H groups in total. The van der Waals surface area contributed by atoms with Gasteiger partial charge in [0.2, 0.25) is 0 Å². The summed E-state index contributed by atoms with van der Waals surface area (Å²) in [4.78, 5) is 22.5. The molecule has 1 aliphatic rings. The van der Waals surface area contributed by atoms with Gasteiger partial charge in [-0.05, 0) is 48.9 Å². The van der Waals surface area contributed by atoms with Gasteiger partial charge in [0.1, 0.15) is 6.07 Å². The largest absolute Gasteiger partial charge is 0.370 e. The van der Waals surface area contributed by atoms with E-state index in [0.717, 1.165) is 60.4 Å². The van der Waals surface area contributed by atoms with Crippen LogP contribution in [0.25, 0.3) is 10.9 Å². The van der Waals surface area contributed by atoms with Crippen LogP contribution in [0.3, 0.4) is 0 Å². The Morgan fingerprint density at radius 1 is 1.37 bits per heavy atom. The van der Waals surface area contributed by atoms with E-state index in [1.165, 1.54) is 11.3 Å². The number of nitrogens with zero attached hydrogens (tertiary/aromatic N) is 4. The summed E-state index contributed by atoms with van der Waals surface area (Å²) in [5.74, 6) is 0.129. The molecule has 154 valence electrons. The number of piperidine rings is 1. The number of nitriles is 1. The molecule has 3 aromatic rings. The predicted octanol–water partition coefficient (Wildman–Crippen LogP) is 5.34. The third kappa shape index (κ3) is 4.00. The maximum Gasteiger partial charge on any atom is 0.264 e. The molecule has 1 fully saturated rings. The number of anilines is 1. The van der Waals surface area contributed by atoms with E-state index in [1.807, 2.05) is 40.6 Å². The molecule has 30 heavy (non-hydrogen) atoms. The lowest BCUT2D eigenvalue weighted by atomic mass is 9.99. The van der Waals surface area contributed by atoms with E-state index in [9.17, 15) is 10.1 Å². The van der Waals surface area contributed by atoms with Crippen LogP contribution in [0, 0.1) is 11.3 Å². The molecule has 0 atom stereocenters. The second-order valence-electron chi connectivity index (χ2n) is 7.49. The Morgan fingerprint density at radius 3 is 2.83 bits per heavy atom. The highest BCUT2D eigenvalue weighted by molar-refractivity contribution is 7.12. The molecule has 0 aliphatic carbocycles. The van der Waals surface area contributed by atoms with Crippen molar-refractivity contribution in [3.63, 3.8) is 0 Å². The number of fused-ring (bicyclic) bond motifs is 1. The fourth-order valence-electron chi connectivity index (χ4n) is 4.21. The molecule has 1 aromatic carbocycles. The Bertz CT molecular complexity index is 1080. The molecule has 1 saturated heterocycles. The van der Waals surface area contributed by atoms with Crippen LogP contribution in [0.1, 0.15) is 41.4 Å². The third-order valence-electron chi connectivity index (χ3n) is 5.60. The number of pyridine rings is 1. The van der Waals surface area contributed by atoms with Gasteiger partial charge in [0.25, 0.3) is 5.91 Å². The molecule has 1 amide bonds. The first-order chi connectivity index (χ1) is 14.6. The van der Waals surface area contributed by atoms with E-state index in [0.29, 0.717) is 10.6 Å². The van der Waals surface area contributed by atoms with Crippen LogP contribution in [0.4, 0.5) is 5.69 Å². The molecule has 1 aliphatic heterocycles. The molecule has 7 heteroatoms. The molecule has 0 saturated carbocycles. The maximum atomic E-state index is 13.0. The maximum absolute atomic E-state index is 13.0. The average molecular weight is 439 g/mol. The van der Waals surface area contributed by atoms with Crippen molar-refractivity contribution in [3.05, 3.63) is 57.4 Å². The molecular formula is C23H23ClN4OS. The van der Waals surface area contributed by atoms with Gasteiger partial charge in [-0.3, -0.25) is 9.78 Å². The number of benzene rings is 1. The minimum Gasteiger partial charge on any atom is -0.370 e. The highest BCUT2D eigenvalue weighted by Crippen LogP contribution is 2.34. The number of rotatable bonds is 5. The molecule has 3 heterocycles. The lowest BCUT2D eigenvalue weighted by molar-refractivity contribution is 0.0655. The SMILES string of the molecule is CCCN(C(=O)c1cccs1)C1CCN(c2c(C#N)cnc3ccc(Cl)cc23)CC1. The summed E-state index contributed by atoms with van der Waals surface area (Å²) in [6, 6.07) is 11.9. The highest BCUT2D eigenvalue weighted by atomic mass is 35.5. The Hall–Kier alpha value is -2.62. The van der Waals surface area contributed by atoms with Crippen molar-refractivity contribution >= 4 is 45.4 Å². The van der Waals surface area contributed by atoms with Crippen LogP contribution >= 0.6 is 22.9 Å². The lowest BCUT2D eigenvalue weighted by Crippen LogP contribution is -2.47. The van der Waals surface area contributed by atoms with Gasteiger partial charge < -0.3 is 9.80 Å². The molecule has 4 rings (SSSR count). The van der Waals surface area contributed by atoms with E-state index < -0.39 is 0 Å².